The van der Waals surface area contributed by atoms with E-state index in [1.807, 2.05) is 0 Å². The molecule has 0 saturated carbocycles. The standard InChI is InChI=1S/C48H30O/c1-2-11-31(12-3-1)36-23-25-45-43(29-36)44-30-38(24-26-46(44)49-45)48-41-19-8-6-17-39(41)47(40-18-7-9-20-42(40)48)37-16-10-15-34(28-37)35-22-21-32-13-4-5-14-33(32)27-35/h1-30H/i1D,2D,3D,4D,5D,6D,7D,8D,9D,10D,11D,12D,13D,14D,15D,16D,17D,18D,19D,20D,21D,22D,23D,24D,25D,27D,28D,29D,30D. The average Bonchev–Trinajstić information content (AvgIpc) is 3.94. The Balaban J connectivity index is 1.44. The molecule has 0 aliphatic carbocycles. The second-order valence-corrected chi connectivity index (χ2v) is 10.6. The highest BCUT2D eigenvalue weighted by atomic mass is 16.3. The van der Waals surface area contributed by atoms with Gasteiger partial charge in [0.25, 0.3) is 0 Å². The molecule has 1 heteroatoms. The molecule has 1 aromatic heterocycles. The van der Waals surface area contributed by atoms with Gasteiger partial charge in [-0.15, -0.1) is 0 Å². The number of furan rings is 1. The second-order valence-electron chi connectivity index (χ2n) is 10.6. The van der Waals surface area contributed by atoms with Gasteiger partial charge in [-0.05, 0) is 113 Å². The van der Waals surface area contributed by atoms with E-state index >= 15 is 0 Å². The maximum Gasteiger partial charge on any atom is 0.135 e. The lowest BCUT2D eigenvalue weighted by Gasteiger charge is -2.18. The van der Waals surface area contributed by atoms with Gasteiger partial charge in [-0.2, -0.15) is 0 Å². The molecular formula is C48H30O. The summed E-state index contributed by atoms with van der Waals surface area (Å²) in [5.41, 5.74) is -6.93. The molecule has 49 heavy (non-hydrogen) atoms. The Bertz CT molecular complexity index is 4430. The van der Waals surface area contributed by atoms with E-state index in [4.69, 9.17) is 30.5 Å². The van der Waals surface area contributed by atoms with Crippen LogP contribution in [-0.2, 0) is 0 Å². The van der Waals surface area contributed by atoms with Gasteiger partial charge >= 0.3 is 0 Å². The zero-order valence-electron chi connectivity index (χ0n) is 53.5. The summed E-state index contributed by atoms with van der Waals surface area (Å²) in [4.78, 5) is 0. The van der Waals surface area contributed by atoms with Crippen molar-refractivity contribution in [2.45, 2.75) is 0 Å². The molecule has 10 aromatic rings. The van der Waals surface area contributed by atoms with E-state index in [2.05, 4.69) is 0 Å². The molecule has 0 saturated heterocycles. The molecule has 0 N–H and O–H groups in total. The van der Waals surface area contributed by atoms with Gasteiger partial charge in [0, 0.05) is 10.8 Å². The average molecular weight is 652 g/mol. The van der Waals surface area contributed by atoms with Crippen LogP contribution in [-0.4, -0.2) is 0 Å². The molecule has 0 amide bonds. The summed E-state index contributed by atoms with van der Waals surface area (Å²) < 4.78 is 266. The van der Waals surface area contributed by atoms with Gasteiger partial charge < -0.3 is 4.42 Å². The summed E-state index contributed by atoms with van der Waals surface area (Å²) >= 11 is 0. The zero-order chi connectivity index (χ0) is 57.5. The van der Waals surface area contributed by atoms with Crippen LogP contribution in [0.1, 0.15) is 39.8 Å². The van der Waals surface area contributed by atoms with Crippen LogP contribution < -0.4 is 0 Å². The quantitative estimate of drug-likeness (QED) is 0.173. The molecular weight excluding hydrogens is 593 g/mol. The summed E-state index contributed by atoms with van der Waals surface area (Å²) in [6, 6.07) is -25.6. The first kappa shape index (κ1) is 11.3. The van der Waals surface area contributed by atoms with E-state index < -0.39 is 274 Å². The SMILES string of the molecule is [2H]c1cc2oc3c([2H])c([2H])c(-c4c([2H])c([2H])c([2H])c([2H])c4[2H])c([2H])c3c2c([2H])c1-c1c2c([2H])c([2H])c([2H])c([2H])c2c(-c2c([2H])c([2H])c([2H])c(-c3c([2H])c([2H])c4c([2H])c([2H])c([2H])c([2H])c4c3[2H])c2[2H])c2c([2H])c([2H])c([2H])c([2H])c12. The maximum absolute atomic E-state index is 9.90. The molecule has 0 unspecified atom stereocenters. The molecule has 0 radical (unpaired) electrons. The number of hydrogen-bond donors (Lipinski definition) is 0. The van der Waals surface area contributed by atoms with Gasteiger partial charge in [0.15, 0.2) is 0 Å². The Morgan fingerprint density at radius 2 is 0.816 bits per heavy atom. The summed E-state index contributed by atoms with van der Waals surface area (Å²) in [7, 11) is 0. The van der Waals surface area contributed by atoms with Gasteiger partial charge in [0.05, 0.1) is 39.8 Å². The van der Waals surface area contributed by atoms with E-state index in [1.165, 1.54) is 0 Å². The fraction of sp³-hybridized carbons (Fsp3) is 0. The smallest absolute Gasteiger partial charge is 0.135 e. The second kappa shape index (κ2) is 11.1. The predicted molar refractivity (Wildman–Crippen MR) is 208 cm³/mol. The van der Waals surface area contributed by atoms with Crippen molar-refractivity contribution >= 4 is 54.3 Å². The number of fused-ring (bicyclic) bond motifs is 6. The largest absolute Gasteiger partial charge is 0.456 e. The van der Waals surface area contributed by atoms with E-state index in [9.17, 15) is 13.7 Å². The van der Waals surface area contributed by atoms with Gasteiger partial charge in [0.1, 0.15) is 11.2 Å². The summed E-state index contributed by atoms with van der Waals surface area (Å²) in [5, 5.41) is -5.05. The van der Waals surface area contributed by atoms with Crippen LogP contribution in [0.15, 0.2) is 186 Å². The van der Waals surface area contributed by atoms with Crippen molar-refractivity contribution in [3.63, 3.8) is 0 Å². The minimum atomic E-state index is -1.08. The predicted octanol–water partition coefficient (Wildman–Crippen LogP) is 13.7. The fourth-order valence-electron chi connectivity index (χ4n) is 5.72. The molecule has 228 valence electrons. The van der Waals surface area contributed by atoms with Crippen LogP contribution in [0.3, 0.4) is 0 Å². The molecule has 1 nitrogen and oxygen atoms in total. The van der Waals surface area contributed by atoms with E-state index in [0.29, 0.717) is 0 Å². The highest BCUT2D eigenvalue weighted by Crippen LogP contribution is 2.45. The molecule has 0 bridgehead atoms. The van der Waals surface area contributed by atoms with Crippen molar-refractivity contribution in [2.75, 3.05) is 0 Å². The van der Waals surface area contributed by atoms with E-state index in [-0.39, 0.29) is 0 Å². The monoisotopic (exact) mass is 651 g/mol. The van der Waals surface area contributed by atoms with Crippen LogP contribution in [0.2, 0.25) is 0 Å². The maximum atomic E-state index is 9.90. The topological polar surface area (TPSA) is 13.1 Å². The van der Waals surface area contributed by atoms with Crippen molar-refractivity contribution in [1.82, 2.24) is 0 Å². The number of benzene rings is 9. The first-order valence-electron chi connectivity index (χ1n) is 29.0. The van der Waals surface area contributed by atoms with Crippen LogP contribution in [0.5, 0.6) is 0 Å². The molecule has 10 rings (SSSR count). The van der Waals surface area contributed by atoms with E-state index in [1.54, 1.807) is 0 Å². The first-order chi connectivity index (χ1) is 36.4. The Kier molecular flexibility index (Phi) is 2.56. The van der Waals surface area contributed by atoms with Crippen molar-refractivity contribution in [2.24, 2.45) is 0 Å². The molecule has 0 fully saturated rings. The Hall–Kier alpha value is -6.44. The fourth-order valence-corrected chi connectivity index (χ4v) is 5.72. The van der Waals surface area contributed by atoms with Gasteiger partial charge in [0.2, 0.25) is 0 Å². The third-order valence-corrected chi connectivity index (χ3v) is 7.83. The van der Waals surface area contributed by atoms with Gasteiger partial charge in [-0.1, -0.05) is 145 Å². The Morgan fingerprint density at radius 3 is 1.55 bits per heavy atom. The lowest BCUT2D eigenvalue weighted by Crippen LogP contribution is -1.91. The van der Waals surface area contributed by atoms with Crippen LogP contribution in [0.4, 0.5) is 0 Å². The molecule has 9 aromatic carbocycles. The summed E-state index contributed by atoms with van der Waals surface area (Å²) in [6.07, 6.45) is 0. The third kappa shape index (κ3) is 4.55. The van der Waals surface area contributed by atoms with Crippen molar-refractivity contribution in [3.05, 3.63) is 181 Å². The first-order valence-corrected chi connectivity index (χ1v) is 14.5. The number of hydrogen-bond acceptors (Lipinski definition) is 1. The van der Waals surface area contributed by atoms with Gasteiger partial charge in [-0.25, -0.2) is 0 Å². The van der Waals surface area contributed by atoms with Crippen molar-refractivity contribution in [3.8, 4) is 44.5 Å². The molecule has 0 spiro atoms. The minimum Gasteiger partial charge on any atom is -0.456 e. The lowest BCUT2D eigenvalue weighted by atomic mass is 9.85. The normalized spacial score (nSPS) is 20.0. The molecule has 0 atom stereocenters. The van der Waals surface area contributed by atoms with E-state index in [0.717, 1.165) is 6.07 Å². The number of rotatable bonds is 4. The summed E-state index contributed by atoms with van der Waals surface area (Å²) in [6.45, 7) is 0. The van der Waals surface area contributed by atoms with Crippen LogP contribution in [0, 0.1) is 0 Å². The Morgan fingerprint density at radius 1 is 0.306 bits per heavy atom. The van der Waals surface area contributed by atoms with Crippen LogP contribution in [0.25, 0.3) is 98.8 Å². The highest BCUT2D eigenvalue weighted by molar-refractivity contribution is 6.22. The summed E-state index contributed by atoms with van der Waals surface area (Å²) in [5.74, 6) is 0. The Labute approximate surface area is 325 Å². The van der Waals surface area contributed by atoms with Gasteiger partial charge in [-0.3, -0.25) is 0 Å². The van der Waals surface area contributed by atoms with Crippen molar-refractivity contribution in [1.29, 1.82) is 0 Å². The highest BCUT2D eigenvalue weighted by Gasteiger charge is 2.18. The van der Waals surface area contributed by atoms with Crippen molar-refractivity contribution < 1.29 is 44.2 Å². The zero-order valence-corrected chi connectivity index (χ0v) is 24.5. The molecule has 0 aliphatic heterocycles. The molecule has 0 aliphatic rings. The third-order valence-electron chi connectivity index (χ3n) is 7.83. The minimum absolute atomic E-state index is 0.399. The lowest BCUT2D eigenvalue weighted by molar-refractivity contribution is 0.669. The van der Waals surface area contributed by atoms with Crippen LogP contribution >= 0.6 is 0 Å². The molecule has 1 heterocycles.